The van der Waals surface area contributed by atoms with Crippen molar-refractivity contribution in [3.63, 3.8) is 0 Å². The van der Waals surface area contributed by atoms with E-state index in [0.717, 1.165) is 12.8 Å². The van der Waals surface area contributed by atoms with Crippen molar-refractivity contribution >= 4 is 17.5 Å². The molecule has 0 aromatic carbocycles. The summed E-state index contributed by atoms with van der Waals surface area (Å²) < 4.78 is 47.3. The Morgan fingerprint density at radius 2 is 2.00 bits per heavy atom. The van der Waals surface area contributed by atoms with Gasteiger partial charge < -0.3 is 15.8 Å². The van der Waals surface area contributed by atoms with E-state index in [0.29, 0.717) is 0 Å². The SMILES string of the molecule is NC(=O)c1c(COC2CC2)nn2c(C(=O)N[C@H]3C[C@@H](OC(F)(F)F)C3)ccnc12. The maximum atomic E-state index is 12.6. The van der Waals surface area contributed by atoms with Crippen LogP contribution in [0.15, 0.2) is 12.3 Å². The van der Waals surface area contributed by atoms with Gasteiger partial charge in [0.05, 0.1) is 18.8 Å². The normalized spacial score (nSPS) is 21.8. The molecule has 2 fully saturated rings. The van der Waals surface area contributed by atoms with Crippen LogP contribution in [0.25, 0.3) is 5.65 Å². The topological polar surface area (TPSA) is 121 Å². The minimum Gasteiger partial charge on any atom is -0.372 e. The van der Waals surface area contributed by atoms with E-state index in [1.807, 2.05) is 0 Å². The van der Waals surface area contributed by atoms with E-state index >= 15 is 0 Å². The Hall–Kier alpha value is -2.73. The van der Waals surface area contributed by atoms with E-state index in [9.17, 15) is 22.8 Å². The van der Waals surface area contributed by atoms with Crippen molar-refractivity contribution in [2.45, 2.75) is 56.9 Å². The average Bonchev–Trinajstić information content (AvgIpc) is 3.34. The zero-order valence-corrected chi connectivity index (χ0v) is 15.1. The van der Waals surface area contributed by atoms with E-state index in [4.69, 9.17) is 10.5 Å². The van der Waals surface area contributed by atoms with Gasteiger partial charge in [0.25, 0.3) is 11.8 Å². The van der Waals surface area contributed by atoms with Gasteiger partial charge in [-0.1, -0.05) is 0 Å². The summed E-state index contributed by atoms with van der Waals surface area (Å²) >= 11 is 0. The van der Waals surface area contributed by atoms with Crippen LogP contribution in [0.5, 0.6) is 0 Å². The molecular formula is C17H18F3N5O4. The number of nitrogens with zero attached hydrogens (tertiary/aromatic N) is 3. The summed E-state index contributed by atoms with van der Waals surface area (Å²) in [6, 6.07) is 0.940. The molecule has 0 aliphatic heterocycles. The third kappa shape index (κ3) is 4.32. The maximum absolute atomic E-state index is 12.6. The quantitative estimate of drug-likeness (QED) is 0.706. The number of primary amides is 1. The number of hydrogen-bond donors (Lipinski definition) is 2. The molecule has 2 aliphatic carbocycles. The van der Waals surface area contributed by atoms with E-state index in [1.165, 1.54) is 16.8 Å². The van der Waals surface area contributed by atoms with Crippen LogP contribution in [-0.4, -0.2) is 51.0 Å². The number of nitrogens with one attached hydrogen (secondary N) is 1. The van der Waals surface area contributed by atoms with E-state index < -0.39 is 30.3 Å². The Morgan fingerprint density at radius 3 is 2.62 bits per heavy atom. The molecule has 2 saturated carbocycles. The summed E-state index contributed by atoms with van der Waals surface area (Å²) in [4.78, 5) is 28.6. The van der Waals surface area contributed by atoms with Crippen LogP contribution in [0.2, 0.25) is 0 Å². The van der Waals surface area contributed by atoms with Crippen LogP contribution >= 0.6 is 0 Å². The van der Waals surface area contributed by atoms with Gasteiger partial charge >= 0.3 is 6.36 Å². The molecule has 0 spiro atoms. The van der Waals surface area contributed by atoms with Gasteiger partial charge in [0, 0.05) is 12.2 Å². The van der Waals surface area contributed by atoms with Crippen LogP contribution in [-0.2, 0) is 16.1 Å². The molecule has 2 heterocycles. The minimum atomic E-state index is -4.70. The molecule has 2 aliphatic rings. The highest BCUT2D eigenvalue weighted by molar-refractivity contribution is 6.01. The molecule has 0 radical (unpaired) electrons. The van der Waals surface area contributed by atoms with Crippen molar-refractivity contribution in [3.05, 3.63) is 29.2 Å². The number of rotatable bonds is 7. The Balaban J connectivity index is 1.50. The van der Waals surface area contributed by atoms with Gasteiger partial charge in [-0.05, 0) is 31.7 Å². The zero-order valence-electron chi connectivity index (χ0n) is 15.1. The number of nitrogens with two attached hydrogens (primary N) is 1. The van der Waals surface area contributed by atoms with Crippen LogP contribution in [0.4, 0.5) is 13.2 Å². The second-order valence-corrected chi connectivity index (χ2v) is 7.09. The van der Waals surface area contributed by atoms with E-state index in [-0.39, 0.29) is 48.2 Å². The number of fused-ring (bicyclic) bond motifs is 1. The van der Waals surface area contributed by atoms with Crippen LogP contribution in [0.3, 0.4) is 0 Å². The fourth-order valence-electron chi connectivity index (χ4n) is 3.17. The Morgan fingerprint density at radius 1 is 1.28 bits per heavy atom. The first-order valence-electron chi connectivity index (χ1n) is 9.04. The highest BCUT2D eigenvalue weighted by atomic mass is 19.4. The van der Waals surface area contributed by atoms with Gasteiger partial charge in [-0.15, -0.1) is 13.2 Å². The smallest absolute Gasteiger partial charge is 0.372 e. The molecule has 0 atom stereocenters. The van der Waals surface area contributed by atoms with E-state index in [2.05, 4.69) is 20.1 Å². The van der Waals surface area contributed by atoms with E-state index in [1.54, 1.807) is 0 Å². The zero-order chi connectivity index (χ0) is 20.8. The van der Waals surface area contributed by atoms with Gasteiger partial charge in [0.15, 0.2) is 5.65 Å². The van der Waals surface area contributed by atoms with Gasteiger partial charge in [0.2, 0.25) is 0 Å². The Bertz CT molecular complexity index is 950. The molecule has 9 nitrogen and oxygen atoms in total. The largest absolute Gasteiger partial charge is 0.522 e. The number of ether oxygens (including phenoxy) is 2. The molecule has 2 amide bonds. The highest BCUT2D eigenvalue weighted by Crippen LogP contribution is 2.30. The fraction of sp³-hybridized carbons (Fsp3) is 0.529. The number of carbonyl (C=O) groups is 2. The lowest BCUT2D eigenvalue weighted by Gasteiger charge is -2.35. The van der Waals surface area contributed by atoms with Crippen molar-refractivity contribution in [3.8, 4) is 0 Å². The number of halogens is 3. The molecule has 29 heavy (non-hydrogen) atoms. The van der Waals surface area contributed by atoms with Crippen LogP contribution in [0, 0.1) is 0 Å². The van der Waals surface area contributed by atoms with Crippen molar-refractivity contribution in [1.82, 2.24) is 19.9 Å². The number of amides is 2. The van der Waals surface area contributed by atoms with Crippen molar-refractivity contribution < 1.29 is 32.2 Å². The maximum Gasteiger partial charge on any atom is 0.522 e. The Labute approximate surface area is 162 Å². The van der Waals surface area contributed by atoms with Crippen molar-refractivity contribution in [2.75, 3.05) is 0 Å². The average molecular weight is 413 g/mol. The van der Waals surface area contributed by atoms with Gasteiger partial charge in [-0.2, -0.15) is 5.10 Å². The summed E-state index contributed by atoms with van der Waals surface area (Å²) in [5.41, 5.74) is 6.00. The molecular weight excluding hydrogens is 395 g/mol. The first-order valence-corrected chi connectivity index (χ1v) is 9.04. The predicted molar refractivity (Wildman–Crippen MR) is 90.7 cm³/mol. The molecule has 4 rings (SSSR count). The third-order valence-electron chi connectivity index (χ3n) is 4.78. The van der Waals surface area contributed by atoms with Crippen molar-refractivity contribution in [2.24, 2.45) is 5.73 Å². The van der Waals surface area contributed by atoms with Gasteiger partial charge in [0.1, 0.15) is 17.0 Å². The van der Waals surface area contributed by atoms with Crippen molar-refractivity contribution in [1.29, 1.82) is 0 Å². The van der Waals surface area contributed by atoms with Gasteiger partial charge in [-0.25, -0.2) is 9.50 Å². The second-order valence-electron chi connectivity index (χ2n) is 7.09. The second kappa shape index (κ2) is 7.26. The number of aromatic nitrogens is 3. The predicted octanol–water partition coefficient (Wildman–Crippen LogP) is 1.30. The highest BCUT2D eigenvalue weighted by Gasteiger charge is 2.40. The third-order valence-corrected chi connectivity index (χ3v) is 4.78. The van der Waals surface area contributed by atoms with Crippen LogP contribution < -0.4 is 11.1 Å². The summed E-state index contributed by atoms with van der Waals surface area (Å²) in [6.07, 6.45) is -2.25. The van der Waals surface area contributed by atoms with Crippen LogP contribution in [0.1, 0.15) is 52.2 Å². The molecule has 0 unspecified atom stereocenters. The van der Waals surface area contributed by atoms with Gasteiger partial charge in [-0.3, -0.25) is 14.3 Å². The lowest BCUT2D eigenvalue weighted by atomic mass is 9.89. The monoisotopic (exact) mass is 413 g/mol. The summed E-state index contributed by atoms with van der Waals surface area (Å²) in [5, 5.41) is 6.90. The fourth-order valence-corrected chi connectivity index (χ4v) is 3.17. The molecule has 0 saturated heterocycles. The lowest BCUT2D eigenvalue weighted by Crippen LogP contribution is -2.49. The summed E-state index contributed by atoms with van der Waals surface area (Å²) in [6.45, 7) is 0.0619. The molecule has 2 aromatic rings. The summed E-state index contributed by atoms with van der Waals surface area (Å²) in [5.74, 6) is -1.30. The molecule has 12 heteroatoms. The summed E-state index contributed by atoms with van der Waals surface area (Å²) in [7, 11) is 0. The first kappa shape index (κ1) is 19.6. The number of carbonyl (C=O) groups excluding carboxylic acids is 2. The molecule has 3 N–H and O–H groups in total. The Kier molecular flexibility index (Phi) is 4.90. The first-order chi connectivity index (χ1) is 13.7. The lowest BCUT2D eigenvalue weighted by molar-refractivity contribution is -0.351. The molecule has 156 valence electrons. The number of hydrogen-bond acceptors (Lipinski definition) is 6. The molecule has 2 aromatic heterocycles. The number of alkyl halides is 3. The molecule has 0 bridgehead atoms. The minimum absolute atomic E-state index is 0.0472. The standard InChI is InChI=1S/C17H18F3N5O4/c18-17(19,20)29-10-5-8(6-10)23-16(27)12-3-4-22-15-13(14(21)26)11(24-25(12)15)7-28-9-1-2-9/h3-4,8-10H,1-2,5-7H2,(H2,21,26)(H,23,27)/t8-,10+.